The van der Waals surface area contributed by atoms with E-state index in [9.17, 15) is 4.79 Å². The minimum absolute atomic E-state index is 0.0763. The van der Waals surface area contributed by atoms with E-state index in [1.807, 2.05) is 35.5 Å². The van der Waals surface area contributed by atoms with E-state index in [1.54, 1.807) is 7.11 Å². The fourth-order valence-electron chi connectivity index (χ4n) is 3.36. The number of halogens is 2. The van der Waals surface area contributed by atoms with Gasteiger partial charge in [-0.15, -0.1) is 5.10 Å². The predicted octanol–water partition coefficient (Wildman–Crippen LogP) is 4.14. The largest absolute Gasteiger partial charge is 0.495 e. The number of fused-ring (bicyclic) bond motifs is 3. The molecule has 2 atom stereocenters. The number of anilines is 1. The van der Waals surface area contributed by atoms with Crippen molar-refractivity contribution in [2.45, 2.75) is 12.2 Å². The lowest BCUT2D eigenvalue weighted by molar-refractivity contribution is -0.127. The minimum Gasteiger partial charge on any atom is -0.495 e. The van der Waals surface area contributed by atoms with Crippen molar-refractivity contribution >= 4 is 73.7 Å². The summed E-state index contributed by atoms with van der Waals surface area (Å²) in [5.41, 5.74) is 2.79. The first-order valence-corrected chi connectivity index (χ1v) is 11.5. The Labute approximate surface area is 188 Å². The van der Waals surface area contributed by atoms with Gasteiger partial charge in [0, 0.05) is 20.4 Å². The van der Waals surface area contributed by atoms with Gasteiger partial charge in [-0.1, -0.05) is 30.0 Å². The zero-order valence-corrected chi connectivity index (χ0v) is 19.6. The number of amides is 1. The first-order valence-electron chi connectivity index (χ1n) is 8.13. The third-order valence-corrected chi connectivity index (χ3v) is 6.49. The molecule has 9 heteroatoms. The summed E-state index contributed by atoms with van der Waals surface area (Å²) in [6, 6.07) is 11.5. The van der Waals surface area contributed by atoms with E-state index in [0.717, 1.165) is 29.7 Å². The lowest BCUT2D eigenvalue weighted by Gasteiger charge is -2.44. The number of hydrogen-bond donors (Lipinski definition) is 2. The SMILES string of the molecule is COc1c(I)cc(I)cc1[C@H]1Nc2ccccc2[C@H]2C(=O)NC(SC)=NN12. The molecule has 2 heterocycles. The molecule has 0 spiro atoms. The van der Waals surface area contributed by atoms with Gasteiger partial charge in [0.15, 0.2) is 11.2 Å². The lowest BCUT2D eigenvalue weighted by Crippen LogP contribution is -2.50. The number of nitrogens with one attached hydrogen (secondary N) is 2. The monoisotopic (exact) mass is 606 g/mol. The Bertz CT molecular complexity index is 953. The smallest absolute Gasteiger partial charge is 0.255 e. The molecule has 4 rings (SSSR count). The number of carbonyl (C=O) groups excluding carboxylic acids is 1. The van der Waals surface area contributed by atoms with E-state index in [-0.39, 0.29) is 12.1 Å². The average Bonchev–Trinajstić information content (AvgIpc) is 2.66. The molecule has 0 fully saturated rings. The number of thioether (sulfide) groups is 1. The van der Waals surface area contributed by atoms with E-state index in [1.165, 1.54) is 11.8 Å². The van der Waals surface area contributed by atoms with E-state index in [4.69, 9.17) is 9.84 Å². The summed E-state index contributed by atoms with van der Waals surface area (Å²) < 4.78 is 7.82. The van der Waals surface area contributed by atoms with Crippen LogP contribution in [0.5, 0.6) is 5.75 Å². The summed E-state index contributed by atoms with van der Waals surface area (Å²) >= 11 is 5.99. The highest BCUT2D eigenvalue weighted by Crippen LogP contribution is 2.45. The number of amidine groups is 1. The van der Waals surface area contributed by atoms with Gasteiger partial charge in [0.2, 0.25) is 0 Å². The Balaban J connectivity index is 1.92. The molecule has 2 aliphatic heterocycles. The van der Waals surface area contributed by atoms with Crippen LogP contribution >= 0.6 is 56.9 Å². The van der Waals surface area contributed by atoms with Crippen molar-refractivity contribution < 1.29 is 9.53 Å². The quantitative estimate of drug-likeness (QED) is 0.504. The Kier molecular flexibility index (Phi) is 5.43. The topological polar surface area (TPSA) is 66.0 Å². The van der Waals surface area contributed by atoms with Crippen molar-refractivity contribution in [1.82, 2.24) is 10.3 Å². The second-order valence-corrected chi connectivity index (χ2v) is 9.23. The minimum atomic E-state index is -0.497. The molecule has 2 aromatic carbocycles. The molecule has 0 aromatic heterocycles. The summed E-state index contributed by atoms with van der Waals surface area (Å²) in [5, 5.41) is 13.6. The van der Waals surface area contributed by atoms with Crippen molar-refractivity contribution in [1.29, 1.82) is 0 Å². The van der Waals surface area contributed by atoms with Crippen LogP contribution in [0.4, 0.5) is 5.69 Å². The fraction of sp³-hybridized carbons (Fsp3) is 0.222. The molecular formula is C18H16I2N4O2S. The van der Waals surface area contributed by atoms with Crippen molar-refractivity contribution in [3.63, 3.8) is 0 Å². The van der Waals surface area contributed by atoms with E-state index < -0.39 is 6.04 Å². The zero-order valence-electron chi connectivity index (χ0n) is 14.5. The molecule has 27 heavy (non-hydrogen) atoms. The van der Waals surface area contributed by atoms with Crippen molar-refractivity contribution in [3.05, 3.63) is 54.7 Å². The highest BCUT2D eigenvalue weighted by atomic mass is 127. The molecule has 0 saturated heterocycles. The average molecular weight is 606 g/mol. The van der Waals surface area contributed by atoms with Gasteiger partial charge in [0.25, 0.3) is 5.91 Å². The molecular weight excluding hydrogens is 590 g/mol. The summed E-state index contributed by atoms with van der Waals surface area (Å²) in [6.45, 7) is 0. The second-order valence-electron chi connectivity index (χ2n) is 6.03. The van der Waals surface area contributed by atoms with Crippen LogP contribution in [0.25, 0.3) is 0 Å². The number of carbonyl (C=O) groups is 1. The number of hydrogen-bond acceptors (Lipinski definition) is 6. The normalized spacial score (nSPS) is 20.8. The third kappa shape index (κ3) is 3.37. The number of rotatable bonds is 2. The molecule has 0 unspecified atom stereocenters. The Hall–Kier alpha value is -1.21. The van der Waals surface area contributed by atoms with Gasteiger partial charge in [-0.25, -0.2) is 0 Å². The first kappa shape index (κ1) is 19.1. The number of para-hydroxylation sites is 1. The fourth-order valence-corrected chi connectivity index (χ4v) is 5.85. The standard InChI is InChI=1S/C18H16I2N4O2S/c1-26-15-11(7-9(19)8-12(15)20)16-21-13-6-4-3-5-10(13)14-17(25)22-18(27-2)23-24(14)16/h3-8,14,16,21H,1-2H3,(H,22,23,25)/t14-,16-/m0/s1. The number of ether oxygens (including phenoxy) is 1. The Morgan fingerprint density at radius 2 is 2.00 bits per heavy atom. The predicted molar refractivity (Wildman–Crippen MR) is 125 cm³/mol. The van der Waals surface area contributed by atoms with Gasteiger partial charge in [-0.05, 0) is 69.6 Å². The number of methoxy groups -OCH3 is 1. The Morgan fingerprint density at radius 1 is 1.22 bits per heavy atom. The van der Waals surface area contributed by atoms with Gasteiger partial charge in [0.05, 0.1) is 10.7 Å². The van der Waals surface area contributed by atoms with Crippen LogP contribution in [0.1, 0.15) is 23.3 Å². The molecule has 0 saturated carbocycles. The summed E-state index contributed by atoms with van der Waals surface area (Å²) in [7, 11) is 1.67. The van der Waals surface area contributed by atoms with Crippen LogP contribution in [-0.4, -0.2) is 29.4 Å². The molecule has 2 aliphatic rings. The van der Waals surface area contributed by atoms with E-state index >= 15 is 0 Å². The maximum absolute atomic E-state index is 12.9. The maximum atomic E-state index is 12.9. The Morgan fingerprint density at radius 3 is 2.74 bits per heavy atom. The first-order chi connectivity index (χ1) is 13.0. The second kappa shape index (κ2) is 7.66. The van der Waals surface area contributed by atoms with Crippen LogP contribution in [0.15, 0.2) is 41.5 Å². The summed E-state index contributed by atoms with van der Waals surface area (Å²) in [4.78, 5) is 12.9. The molecule has 0 bridgehead atoms. The van der Waals surface area contributed by atoms with Gasteiger partial charge in [-0.2, -0.15) is 0 Å². The highest BCUT2D eigenvalue weighted by molar-refractivity contribution is 14.1. The van der Waals surface area contributed by atoms with Crippen molar-refractivity contribution in [2.24, 2.45) is 5.10 Å². The molecule has 1 amide bonds. The van der Waals surface area contributed by atoms with Crippen LogP contribution in [-0.2, 0) is 4.79 Å². The van der Waals surface area contributed by atoms with Gasteiger partial charge in [0.1, 0.15) is 11.9 Å². The molecule has 0 aliphatic carbocycles. The third-order valence-electron chi connectivity index (χ3n) is 4.49. The number of benzene rings is 2. The van der Waals surface area contributed by atoms with Crippen LogP contribution < -0.4 is 15.4 Å². The molecule has 2 N–H and O–H groups in total. The van der Waals surface area contributed by atoms with Gasteiger partial charge < -0.3 is 15.4 Å². The van der Waals surface area contributed by atoms with Crippen LogP contribution in [0.3, 0.4) is 0 Å². The zero-order chi connectivity index (χ0) is 19.1. The maximum Gasteiger partial charge on any atom is 0.255 e. The summed E-state index contributed by atoms with van der Waals surface area (Å²) in [5.74, 6) is 0.714. The van der Waals surface area contributed by atoms with Gasteiger partial charge in [-0.3, -0.25) is 9.80 Å². The van der Waals surface area contributed by atoms with Crippen molar-refractivity contribution in [2.75, 3.05) is 18.7 Å². The van der Waals surface area contributed by atoms with E-state index in [2.05, 4.69) is 67.9 Å². The molecule has 2 aromatic rings. The lowest BCUT2D eigenvalue weighted by atomic mass is 9.97. The summed E-state index contributed by atoms with van der Waals surface area (Å²) in [6.07, 6.45) is 1.57. The van der Waals surface area contributed by atoms with Crippen molar-refractivity contribution in [3.8, 4) is 5.75 Å². The molecule has 140 valence electrons. The van der Waals surface area contributed by atoms with E-state index in [0.29, 0.717) is 5.17 Å². The van der Waals surface area contributed by atoms with Crippen LogP contribution in [0, 0.1) is 7.14 Å². The number of hydrazone groups is 1. The van der Waals surface area contributed by atoms with Gasteiger partial charge >= 0.3 is 0 Å². The molecule has 0 radical (unpaired) electrons. The highest BCUT2D eigenvalue weighted by Gasteiger charge is 2.42. The number of nitrogens with zero attached hydrogens (tertiary/aromatic N) is 2. The van der Waals surface area contributed by atoms with Crippen LogP contribution in [0.2, 0.25) is 0 Å². The molecule has 6 nitrogen and oxygen atoms in total.